The van der Waals surface area contributed by atoms with E-state index in [1.54, 1.807) is 30.0 Å². The van der Waals surface area contributed by atoms with Crippen LogP contribution in [0.25, 0.3) is 10.2 Å². The van der Waals surface area contributed by atoms with Crippen molar-refractivity contribution in [2.45, 2.75) is 11.4 Å². The number of rotatable bonds is 6. The third-order valence-electron chi connectivity index (χ3n) is 4.30. The topological polar surface area (TPSA) is 55.6 Å². The Balaban J connectivity index is 1.81. The van der Waals surface area contributed by atoms with Gasteiger partial charge in [0.15, 0.2) is 5.13 Å². The fraction of sp³-hybridized carbons (Fsp3) is 0.143. The van der Waals surface area contributed by atoms with E-state index in [0.717, 1.165) is 15.1 Å². The first kappa shape index (κ1) is 18.6. The molecular weight excluding hydrogens is 392 g/mol. The number of thiazole rings is 1. The van der Waals surface area contributed by atoms with Gasteiger partial charge in [-0.05, 0) is 42.7 Å². The molecule has 0 unspecified atom stereocenters. The summed E-state index contributed by atoms with van der Waals surface area (Å²) in [7, 11) is 1.62. The molecule has 0 aliphatic rings. The minimum absolute atomic E-state index is 0.112. The lowest BCUT2D eigenvalue weighted by Crippen LogP contribution is -2.30. The molecule has 5 nitrogen and oxygen atoms in total. The summed E-state index contributed by atoms with van der Waals surface area (Å²) in [5, 5.41) is 0.608. The lowest BCUT2D eigenvalue weighted by atomic mass is 10.2. The summed E-state index contributed by atoms with van der Waals surface area (Å²) >= 11 is 3.01. The van der Waals surface area contributed by atoms with Gasteiger partial charge in [-0.25, -0.2) is 4.98 Å². The monoisotopic (exact) mass is 410 g/mol. The number of aromatic nitrogens is 1. The van der Waals surface area contributed by atoms with Gasteiger partial charge in [-0.1, -0.05) is 29.5 Å². The number of para-hydroxylation sites is 1. The van der Waals surface area contributed by atoms with Gasteiger partial charge in [-0.15, -0.1) is 11.8 Å². The maximum Gasteiger partial charge on any atom is 0.261 e. The lowest BCUT2D eigenvalue weighted by molar-refractivity contribution is 0.0980. The molecule has 0 aliphatic carbocycles. The molecule has 0 fully saturated rings. The molecule has 4 rings (SSSR count). The van der Waals surface area contributed by atoms with Crippen LogP contribution in [0.3, 0.4) is 0 Å². The highest BCUT2D eigenvalue weighted by atomic mass is 32.2. The van der Waals surface area contributed by atoms with Crippen molar-refractivity contribution in [2.24, 2.45) is 0 Å². The number of amides is 1. The summed E-state index contributed by atoms with van der Waals surface area (Å²) in [6.45, 7) is 0.302. The molecule has 2 heterocycles. The number of benzene rings is 2. The third kappa shape index (κ3) is 3.50. The van der Waals surface area contributed by atoms with Gasteiger partial charge in [-0.3, -0.25) is 9.69 Å². The minimum atomic E-state index is -0.112. The average molecular weight is 411 g/mol. The van der Waals surface area contributed by atoms with Crippen molar-refractivity contribution < 1.29 is 13.9 Å². The predicted molar refractivity (Wildman–Crippen MR) is 114 cm³/mol. The Morgan fingerprint density at radius 3 is 2.79 bits per heavy atom. The Hall–Kier alpha value is -2.77. The number of thioether (sulfide) groups is 1. The van der Waals surface area contributed by atoms with Crippen LogP contribution in [0, 0.1) is 0 Å². The second kappa shape index (κ2) is 8.08. The molecule has 0 aliphatic heterocycles. The van der Waals surface area contributed by atoms with E-state index < -0.39 is 0 Å². The number of hydrogen-bond acceptors (Lipinski definition) is 6. The van der Waals surface area contributed by atoms with Crippen LogP contribution in [0.5, 0.6) is 5.75 Å². The van der Waals surface area contributed by atoms with Gasteiger partial charge in [0.25, 0.3) is 5.91 Å². The Kier molecular flexibility index (Phi) is 5.36. The van der Waals surface area contributed by atoms with E-state index in [4.69, 9.17) is 14.1 Å². The molecule has 0 bridgehead atoms. The molecule has 2 aromatic carbocycles. The number of hydrogen-bond donors (Lipinski definition) is 0. The number of fused-ring (bicyclic) bond motifs is 1. The molecule has 4 aromatic rings. The summed E-state index contributed by atoms with van der Waals surface area (Å²) in [6, 6.07) is 17.0. The normalized spacial score (nSPS) is 10.9. The zero-order valence-corrected chi connectivity index (χ0v) is 17.0. The highest BCUT2D eigenvalue weighted by Gasteiger charge is 2.25. The fourth-order valence-corrected chi connectivity index (χ4v) is 4.51. The lowest BCUT2D eigenvalue weighted by Gasteiger charge is -2.20. The van der Waals surface area contributed by atoms with E-state index in [1.165, 1.54) is 11.3 Å². The SMILES string of the molecule is COc1cccc2sc(N(Cc3ccco3)C(=O)c3ccccc3SC)nc12. The molecule has 28 heavy (non-hydrogen) atoms. The number of ether oxygens (including phenoxy) is 1. The second-order valence-corrected chi connectivity index (χ2v) is 7.83. The molecule has 0 N–H and O–H groups in total. The van der Waals surface area contributed by atoms with Crippen LogP contribution < -0.4 is 9.64 Å². The molecule has 1 amide bonds. The second-order valence-electron chi connectivity index (χ2n) is 5.97. The molecule has 0 radical (unpaired) electrons. The van der Waals surface area contributed by atoms with Crippen LogP contribution in [0.2, 0.25) is 0 Å². The first-order valence-electron chi connectivity index (χ1n) is 8.62. The maximum atomic E-state index is 13.5. The van der Waals surface area contributed by atoms with Crippen LogP contribution in [0.15, 0.2) is 70.2 Å². The van der Waals surface area contributed by atoms with Crippen molar-refractivity contribution >= 4 is 44.4 Å². The van der Waals surface area contributed by atoms with Crippen molar-refractivity contribution in [2.75, 3.05) is 18.3 Å². The van der Waals surface area contributed by atoms with Crippen LogP contribution in [0.1, 0.15) is 16.1 Å². The number of nitrogens with zero attached hydrogens (tertiary/aromatic N) is 2. The van der Waals surface area contributed by atoms with Crippen LogP contribution in [-0.2, 0) is 6.54 Å². The van der Waals surface area contributed by atoms with E-state index in [9.17, 15) is 4.79 Å². The Bertz CT molecular complexity index is 1110. The highest BCUT2D eigenvalue weighted by Crippen LogP contribution is 2.36. The Morgan fingerprint density at radius 1 is 1.18 bits per heavy atom. The zero-order chi connectivity index (χ0) is 19.5. The van der Waals surface area contributed by atoms with Crippen molar-refractivity contribution in [1.82, 2.24) is 4.98 Å². The number of furan rings is 1. The van der Waals surface area contributed by atoms with Gasteiger partial charge >= 0.3 is 0 Å². The smallest absolute Gasteiger partial charge is 0.261 e. The maximum absolute atomic E-state index is 13.5. The largest absolute Gasteiger partial charge is 0.494 e. The molecule has 0 saturated heterocycles. The third-order valence-corrected chi connectivity index (χ3v) is 6.14. The Morgan fingerprint density at radius 2 is 2.04 bits per heavy atom. The molecule has 7 heteroatoms. The highest BCUT2D eigenvalue weighted by molar-refractivity contribution is 7.98. The summed E-state index contributed by atoms with van der Waals surface area (Å²) in [5.41, 5.74) is 1.40. The van der Waals surface area contributed by atoms with Gasteiger partial charge in [-0.2, -0.15) is 0 Å². The molecule has 0 spiro atoms. The van der Waals surface area contributed by atoms with Crippen LogP contribution >= 0.6 is 23.1 Å². The number of methoxy groups -OCH3 is 1. The fourth-order valence-electron chi connectivity index (χ4n) is 2.94. The predicted octanol–water partition coefficient (Wildman–Crippen LogP) is 5.47. The van der Waals surface area contributed by atoms with Crippen LogP contribution in [0.4, 0.5) is 5.13 Å². The molecular formula is C21H18N2O3S2. The van der Waals surface area contributed by atoms with E-state index in [-0.39, 0.29) is 5.91 Å². The zero-order valence-electron chi connectivity index (χ0n) is 15.4. The van der Waals surface area contributed by atoms with Gasteiger partial charge in [0.2, 0.25) is 0 Å². The standard InChI is InChI=1S/C21H18N2O3S2/c1-25-16-9-5-11-18-19(16)22-21(28-18)23(13-14-7-6-12-26-14)20(24)15-8-3-4-10-17(15)27-2/h3-12H,13H2,1-2H3. The number of carbonyl (C=O) groups is 1. The van der Waals surface area contributed by atoms with E-state index in [2.05, 4.69) is 0 Å². The van der Waals surface area contributed by atoms with E-state index >= 15 is 0 Å². The molecule has 0 saturated carbocycles. The number of carbonyl (C=O) groups excluding carboxylic acids is 1. The van der Waals surface area contributed by atoms with Crippen LogP contribution in [-0.4, -0.2) is 24.3 Å². The average Bonchev–Trinajstić information content (AvgIpc) is 3.40. The quantitative estimate of drug-likeness (QED) is 0.395. The van der Waals surface area contributed by atoms with E-state index in [1.807, 2.05) is 60.9 Å². The van der Waals surface area contributed by atoms with Crippen molar-refractivity contribution in [3.05, 3.63) is 72.2 Å². The van der Waals surface area contributed by atoms with Crippen molar-refractivity contribution in [3.63, 3.8) is 0 Å². The van der Waals surface area contributed by atoms with Crippen molar-refractivity contribution in [3.8, 4) is 5.75 Å². The summed E-state index contributed by atoms with van der Waals surface area (Å²) in [6.07, 6.45) is 3.57. The molecule has 2 aromatic heterocycles. The van der Waals surface area contributed by atoms with Gasteiger partial charge < -0.3 is 9.15 Å². The van der Waals surface area contributed by atoms with Crippen molar-refractivity contribution in [1.29, 1.82) is 0 Å². The summed E-state index contributed by atoms with van der Waals surface area (Å²) in [4.78, 5) is 20.8. The van der Waals surface area contributed by atoms with Gasteiger partial charge in [0, 0.05) is 4.90 Å². The first-order chi connectivity index (χ1) is 13.7. The number of anilines is 1. The summed E-state index contributed by atoms with van der Waals surface area (Å²) in [5.74, 6) is 1.27. The molecule has 0 atom stereocenters. The van der Waals surface area contributed by atoms with Gasteiger partial charge in [0.05, 0.1) is 30.2 Å². The first-order valence-corrected chi connectivity index (χ1v) is 10.7. The summed E-state index contributed by atoms with van der Waals surface area (Å²) < 4.78 is 11.9. The molecule has 142 valence electrons. The Labute approximate surface area is 170 Å². The minimum Gasteiger partial charge on any atom is -0.494 e. The van der Waals surface area contributed by atoms with E-state index in [0.29, 0.717) is 28.7 Å². The van der Waals surface area contributed by atoms with Gasteiger partial charge in [0.1, 0.15) is 17.0 Å².